The van der Waals surface area contributed by atoms with Crippen molar-refractivity contribution in [3.05, 3.63) is 227 Å². The van der Waals surface area contributed by atoms with Gasteiger partial charge in [0.1, 0.15) is 34.2 Å². The first-order valence-electron chi connectivity index (χ1n) is 31.7. The van der Waals surface area contributed by atoms with E-state index in [9.17, 15) is 10.2 Å². The Labute approximate surface area is 535 Å². The normalized spacial score (nSPS) is 14.6. The van der Waals surface area contributed by atoms with Gasteiger partial charge in [-0.3, -0.25) is 4.98 Å². The number of aromatic nitrogens is 1. The zero-order chi connectivity index (χ0) is 64.7. The summed E-state index contributed by atoms with van der Waals surface area (Å²) in [5.41, 5.74) is 5.65. The molecular formula is C77H96N2O6Si4. The molecule has 0 bridgehead atoms. The fourth-order valence-corrected chi connectivity index (χ4v) is 14.8. The highest BCUT2D eigenvalue weighted by atomic mass is 28.4. The van der Waals surface area contributed by atoms with Crippen LogP contribution in [0.3, 0.4) is 0 Å². The Kier molecular flexibility index (Phi) is 17.0. The van der Waals surface area contributed by atoms with Crippen LogP contribution in [0.5, 0.6) is 23.0 Å². The Morgan fingerprint density at radius 3 is 1.00 bits per heavy atom. The van der Waals surface area contributed by atoms with E-state index in [1.165, 1.54) is 0 Å². The molecule has 1 atom stereocenters. The lowest BCUT2D eigenvalue weighted by atomic mass is 9.73. The first-order valence-corrected chi connectivity index (χ1v) is 44.0. The van der Waals surface area contributed by atoms with Gasteiger partial charge in [-0.25, -0.2) is 0 Å². The predicted octanol–water partition coefficient (Wildman–Crippen LogP) is 20.3. The van der Waals surface area contributed by atoms with Gasteiger partial charge in [0.25, 0.3) is 0 Å². The monoisotopic (exact) mass is 1260 g/mol. The van der Waals surface area contributed by atoms with Crippen LogP contribution in [-0.2, 0) is 24.3 Å². The minimum absolute atomic E-state index is 0.0195. The van der Waals surface area contributed by atoms with E-state index in [4.69, 9.17) is 18.0 Å². The van der Waals surface area contributed by atoms with Crippen LogP contribution in [0.4, 0.5) is 5.69 Å². The van der Waals surface area contributed by atoms with E-state index in [1.54, 1.807) is 0 Å². The van der Waals surface area contributed by atoms with Crippen LogP contribution >= 0.6 is 0 Å². The zero-order valence-corrected chi connectivity index (χ0v) is 60.7. The summed E-state index contributed by atoms with van der Waals surface area (Å²) < 4.78 is 27.6. The summed E-state index contributed by atoms with van der Waals surface area (Å²) in [6.45, 7) is 46.0. The summed E-state index contributed by atoms with van der Waals surface area (Å²) in [7, 11) is -8.49. The lowest BCUT2D eigenvalue weighted by Gasteiger charge is -2.38. The number of pyridine rings is 1. The fraction of sp³-hybridized carbons (Fsp3) is 0.364. The highest BCUT2D eigenvalue weighted by molar-refractivity contribution is 6.79. The number of ether oxygens (including phenoxy) is 1. The van der Waals surface area contributed by atoms with Crippen LogP contribution in [0.2, 0.25) is 74.0 Å². The van der Waals surface area contributed by atoms with E-state index in [0.29, 0.717) is 35.3 Å². The number of hydrogen-bond acceptors (Lipinski definition) is 8. The van der Waals surface area contributed by atoms with Crippen molar-refractivity contribution in [1.29, 1.82) is 0 Å². The van der Waals surface area contributed by atoms with Crippen LogP contribution < -0.4 is 22.9 Å². The van der Waals surface area contributed by atoms with Gasteiger partial charge >= 0.3 is 0 Å². The summed E-state index contributed by atoms with van der Waals surface area (Å²) in [6, 6.07) is 58.4. The number of rotatable bonds is 16. The first-order chi connectivity index (χ1) is 41.4. The SMILES string of the molecule is CC(C)(Oc1ccc(C(O)(c2ccc(O[Si](C)(C)C(C)(C)C)cc2)c2cc3ccccc3c3c2CN(c2ccncc2)Cc2c(C(O)(c4ccc(O[Si](C)(C)C(C)(C)C)cc4)c4ccc(O[Si](C)(C)C(C)(C)C)cc4)cc4ccccc4c2-3)cc1)[Si](C)(C)C. The molecule has 0 amide bonds. The van der Waals surface area contributed by atoms with Crippen molar-refractivity contribution in [3.8, 4) is 34.1 Å². The molecular weight excluding hydrogens is 1160 g/mol. The summed E-state index contributed by atoms with van der Waals surface area (Å²) in [5, 5.41) is 33.1. The zero-order valence-electron chi connectivity index (χ0n) is 56.7. The van der Waals surface area contributed by atoms with E-state index < -0.39 is 44.2 Å². The third-order valence-electron chi connectivity index (χ3n) is 20.9. The van der Waals surface area contributed by atoms with Gasteiger partial charge in [0.05, 0.1) is 13.3 Å². The lowest BCUT2D eigenvalue weighted by Crippen LogP contribution is -2.51. The summed E-state index contributed by atoms with van der Waals surface area (Å²) in [5.74, 6) is 3.08. The molecule has 0 saturated carbocycles. The van der Waals surface area contributed by atoms with Gasteiger partial charge in [-0.1, -0.05) is 179 Å². The van der Waals surface area contributed by atoms with Gasteiger partial charge in [0.15, 0.2) is 0 Å². The van der Waals surface area contributed by atoms with Gasteiger partial charge in [-0.2, -0.15) is 0 Å². The average Bonchev–Trinajstić information content (AvgIpc) is 1.71. The van der Waals surface area contributed by atoms with Crippen molar-refractivity contribution in [2.45, 2.75) is 180 Å². The first kappa shape index (κ1) is 65.2. The van der Waals surface area contributed by atoms with E-state index in [2.05, 4.69) is 218 Å². The van der Waals surface area contributed by atoms with E-state index >= 15 is 0 Å². The molecule has 2 N–H and O–H groups in total. The minimum atomic E-state index is -2.24. The van der Waals surface area contributed by atoms with Crippen molar-refractivity contribution in [2.24, 2.45) is 0 Å². The third-order valence-corrected chi connectivity index (χ3v) is 37.7. The second-order valence-electron chi connectivity index (χ2n) is 31.0. The number of nitrogens with zero attached hydrogens (tertiary/aromatic N) is 2. The topological polar surface area (TPSA) is 93.5 Å². The van der Waals surface area contributed by atoms with Crippen LogP contribution in [0.15, 0.2) is 182 Å². The molecule has 1 aromatic heterocycles. The molecule has 1 unspecified atom stereocenters. The number of anilines is 1. The average molecular weight is 1260 g/mol. The summed E-state index contributed by atoms with van der Waals surface area (Å²) in [4.78, 5) is 6.93. The second kappa shape index (κ2) is 23.2. The largest absolute Gasteiger partial charge is 0.544 e. The molecule has 1 aliphatic rings. The molecule has 0 spiro atoms. The molecule has 89 heavy (non-hydrogen) atoms. The molecule has 10 rings (SSSR count). The molecule has 8 nitrogen and oxygen atoms in total. The highest BCUT2D eigenvalue weighted by Crippen LogP contribution is 2.53. The molecule has 0 aliphatic carbocycles. The molecule has 9 aromatic rings. The second-order valence-corrected chi connectivity index (χ2v) is 50.9. The lowest BCUT2D eigenvalue weighted by molar-refractivity contribution is 0.124. The maximum Gasteiger partial charge on any atom is 0.250 e. The molecule has 466 valence electrons. The number of fused-ring (bicyclic) bond motifs is 7. The van der Waals surface area contributed by atoms with Gasteiger partial charge in [0, 0.05) is 31.2 Å². The van der Waals surface area contributed by atoms with Gasteiger partial charge in [0.2, 0.25) is 25.0 Å². The Morgan fingerprint density at radius 2 is 0.697 bits per heavy atom. The molecule has 0 radical (unpaired) electrons. The molecule has 0 saturated heterocycles. The third kappa shape index (κ3) is 12.3. The van der Waals surface area contributed by atoms with Gasteiger partial charge in [-0.15, -0.1) is 0 Å². The van der Waals surface area contributed by atoms with E-state index in [1.807, 2.05) is 109 Å². The number of aliphatic hydroxyl groups is 2. The predicted molar refractivity (Wildman–Crippen MR) is 383 cm³/mol. The maximum absolute atomic E-state index is 14.8. The Balaban J connectivity index is 1.30. The minimum Gasteiger partial charge on any atom is -0.544 e. The van der Waals surface area contributed by atoms with Crippen molar-refractivity contribution < 1.29 is 28.2 Å². The van der Waals surface area contributed by atoms with Crippen LogP contribution in [-0.4, -0.2) is 53.4 Å². The fourth-order valence-electron chi connectivity index (χ4n) is 11.3. The van der Waals surface area contributed by atoms with Gasteiger partial charge < -0.3 is 33.1 Å². The van der Waals surface area contributed by atoms with Crippen LogP contribution in [0.25, 0.3) is 32.7 Å². The van der Waals surface area contributed by atoms with Crippen molar-refractivity contribution in [3.63, 3.8) is 0 Å². The number of benzene rings is 8. The van der Waals surface area contributed by atoms with Gasteiger partial charge in [-0.05, 0) is 218 Å². The summed E-state index contributed by atoms with van der Waals surface area (Å²) in [6.07, 6.45) is 3.69. The Bertz CT molecular complexity index is 3640. The summed E-state index contributed by atoms with van der Waals surface area (Å²) >= 11 is 0. The number of hydrogen-bond donors (Lipinski definition) is 2. The molecule has 2 heterocycles. The van der Waals surface area contributed by atoms with Crippen LogP contribution in [0.1, 0.15) is 121 Å². The van der Waals surface area contributed by atoms with E-state index in [-0.39, 0.29) is 20.3 Å². The molecule has 0 fully saturated rings. The quantitative estimate of drug-likeness (QED) is 0.0730. The maximum atomic E-state index is 14.8. The van der Waals surface area contributed by atoms with Crippen molar-refractivity contribution >= 4 is 60.3 Å². The standard InChI is InChI=1S/C77H96N2O6Si4/c1-72(2,3)87(15,16)83-61-39-31-56(32-40-61)76(80,55-29-37-60(38-30-55)82-75(10,11)86(12,13)14)68-49-53-25-21-23-27-64(53)70-66(68)51-79(59-45-47-78-48-46-59)52-67-69(50-54-26-22-24-28-65(54)71(67)70)77(81,57-33-41-62(42-34-57)84-88(17,18)73(4,5)6)58-35-43-63(44-36-58)85-89(19,20)74(7,8)9/h21-50,80-81H,51-52H2,1-20H3. The smallest absolute Gasteiger partial charge is 0.250 e. The molecule has 8 aromatic carbocycles. The highest BCUT2D eigenvalue weighted by Gasteiger charge is 2.46. The van der Waals surface area contributed by atoms with E-state index in [0.717, 1.165) is 83.6 Å². The Hall–Kier alpha value is -6.78. The van der Waals surface area contributed by atoms with Crippen molar-refractivity contribution in [2.75, 3.05) is 4.90 Å². The molecule has 12 heteroatoms. The van der Waals surface area contributed by atoms with Crippen molar-refractivity contribution in [1.82, 2.24) is 4.98 Å². The molecule has 1 aliphatic heterocycles. The Morgan fingerprint density at radius 1 is 0.393 bits per heavy atom. The van der Waals surface area contributed by atoms with Crippen LogP contribution in [0, 0.1) is 0 Å².